The summed E-state index contributed by atoms with van der Waals surface area (Å²) in [6.07, 6.45) is 8.19. The Morgan fingerprint density at radius 2 is 1.42 bits per heavy atom. The molecule has 0 unspecified atom stereocenters. The molecule has 0 aliphatic heterocycles. The second kappa shape index (κ2) is 12.0. The second-order valence-corrected chi connectivity index (χ2v) is 12.3. The topological polar surface area (TPSA) is 25.8 Å². The fraction of sp³-hybridized carbons (Fsp3) is 0.200. The van der Waals surface area contributed by atoms with Crippen LogP contribution in [0.25, 0.3) is 44.4 Å². The van der Waals surface area contributed by atoms with Crippen molar-refractivity contribution in [2.45, 2.75) is 51.9 Å². The third-order valence-electron chi connectivity index (χ3n) is 8.56. The van der Waals surface area contributed by atoms with Gasteiger partial charge in [-0.2, -0.15) is 0 Å². The predicted octanol–water partition coefficient (Wildman–Crippen LogP) is 9.41. The molecule has 2 aliphatic rings. The Hall–Kier alpha value is -3.91. The Kier molecular flexibility index (Phi) is 8.14. The van der Waals surface area contributed by atoms with E-state index in [9.17, 15) is 0 Å². The van der Waals surface area contributed by atoms with Crippen LogP contribution in [0.2, 0.25) is 0 Å². The van der Waals surface area contributed by atoms with Crippen molar-refractivity contribution in [2.75, 3.05) is 0 Å². The van der Waals surface area contributed by atoms with Crippen molar-refractivity contribution in [3.8, 4) is 33.6 Å². The zero-order valence-electron chi connectivity index (χ0n) is 24.9. The van der Waals surface area contributed by atoms with E-state index >= 15 is 0 Å². The summed E-state index contributed by atoms with van der Waals surface area (Å²) < 4.78 is 0. The molecule has 0 fully saturated rings. The first-order valence-corrected chi connectivity index (χ1v) is 14.9. The molecular formula is C40H34IrN2-2. The Bertz CT molecular complexity index is 1870. The molecule has 43 heavy (non-hydrogen) atoms. The standard InChI is InChI=1S/C25H18N.C15H16N.Ir/c1-2-7-22-16(4-1)12-13-26-25(22)21-14-19-10-8-17-5-3-6-18-9-11-20(15-21)24(19)23(17)18;1-15(2,3)13-8-6-7-12(11-13)14-9-4-5-10-16-14;/h1-7,12-14H,8-11H2;4-6,8-11H,1-3H3;/q2*-1;. The molecule has 0 N–H and O–H groups in total. The second-order valence-electron chi connectivity index (χ2n) is 12.3. The number of nitrogens with zero attached hydrogens (tertiary/aromatic N) is 2. The van der Waals surface area contributed by atoms with Gasteiger partial charge in [0.15, 0.2) is 0 Å². The van der Waals surface area contributed by atoms with Crippen LogP contribution >= 0.6 is 0 Å². The van der Waals surface area contributed by atoms with Crippen molar-refractivity contribution in [2.24, 2.45) is 0 Å². The number of benzene rings is 4. The Labute approximate surface area is 268 Å². The van der Waals surface area contributed by atoms with Gasteiger partial charge in [0.05, 0.1) is 0 Å². The van der Waals surface area contributed by atoms with Gasteiger partial charge in [0.25, 0.3) is 0 Å². The maximum absolute atomic E-state index is 4.73. The summed E-state index contributed by atoms with van der Waals surface area (Å²) >= 11 is 0. The fourth-order valence-electron chi connectivity index (χ4n) is 6.38. The van der Waals surface area contributed by atoms with Crippen LogP contribution in [0.1, 0.15) is 48.6 Å². The molecule has 0 amide bonds. The number of hydrogen-bond acceptors (Lipinski definition) is 2. The molecule has 2 heterocycles. The minimum absolute atomic E-state index is 0. The van der Waals surface area contributed by atoms with E-state index < -0.39 is 0 Å². The first-order valence-electron chi connectivity index (χ1n) is 14.9. The zero-order chi connectivity index (χ0) is 28.7. The summed E-state index contributed by atoms with van der Waals surface area (Å²) in [4.78, 5) is 9.07. The smallest absolute Gasteiger partial charge is 0.0167 e. The van der Waals surface area contributed by atoms with E-state index in [1.807, 2.05) is 36.7 Å². The summed E-state index contributed by atoms with van der Waals surface area (Å²) in [5, 5.41) is 2.45. The maximum atomic E-state index is 4.73. The van der Waals surface area contributed by atoms with E-state index in [-0.39, 0.29) is 25.5 Å². The van der Waals surface area contributed by atoms with Crippen LogP contribution < -0.4 is 0 Å². The van der Waals surface area contributed by atoms with Crippen molar-refractivity contribution < 1.29 is 20.1 Å². The van der Waals surface area contributed by atoms with Gasteiger partial charge >= 0.3 is 0 Å². The monoisotopic (exact) mass is 735 g/mol. The molecule has 1 radical (unpaired) electrons. The summed E-state index contributed by atoms with van der Waals surface area (Å²) in [5.74, 6) is 0. The van der Waals surface area contributed by atoms with Gasteiger partial charge in [0, 0.05) is 32.5 Å². The molecule has 2 aliphatic carbocycles. The van der Waals surface area contributed by atoms with Gasteiger partial charge < -0.3 is 9.97 Å². The van der Waals surface area contributed by atoms with Crippen LogP contribution in [0, 0.1) is 12.1 Å². The van der Waals surface area contributed by atoms with Crippen molar-refractivity contribution >= 4 is 10.8 Å². The number of hydrogen-bond donors (Lipinski definition) is 0. The average Bonchev–Trinajstić information content (AvgIpc) is 3.03. The summed E-state index contributed by atoms with van der Waals surface area (Å²) in [5.41, 5.74) is 14.6. The molecule has 0 saturated heterocycles. The number of pyridine rings is 2. The summed E-state index contributed by atoms with van der Waals surface area (Å²) in [6.45, 7) is 6.64. The molecule has 2 nitrogen and oxygen atoms in total. The van der Waals surface area contributed by atoms with Crippen LogP contribution in [0.5, 0.6) is 0 Å². The van der Waals surface area contributed by atoms with Gasteiger partial charge in [-0.15, -0.1) is 64.2 Å². The van der Waals surface area contributed by atoms with Crippen LogP contribution in [0.3, 0.4) is 0 Å². The minimum atomic E-state index is 0. The molecule has 4 aromatic carbocycles. The summed E-state index contributed by atoms with van der Waals surface area (Å²) in [6, 6.07) is 39.0. The SMILES string of the molecule is CC(C)(C)c1cc[c-]c(-c2ccccn2)c1.[Ir].[c-]1c(-c2nccc3ccccc23)cc2c3c1CCc1cccc(c1-3)CC2. The van der Waals surface area contributed by atoms with Gasteiger partial charge in [-0.1, -0.05) is 86.5 Å². The maximum Gasteiger partial charge on any atom is 0.0167 e. The molecule has 215 valence electrons. The van der Waals surface area contributed by atoms with Crippen LogP contribution in [-0.2, 0) is 51.2 Å². The van der Waals surface area contributed by atoms with Crippen molar-refractivity contribution in [3.63, 3.8) is 0 Å². The van der Waals surface area contributed by atoms with Gasteiger partial charge in [-0.3, -0.25) is 0 Å². The molecule has 2 aromatic heterocycles. The average molecular weight is 735 g/mol. The molecule has 0 saturated carbocycles. The first-order chi connectivity index (χ1) is 20.5. The van der Waals surface area contributed by atoms with Gasteiger partial charge in [-0.05, 0) is 76.5 Å². The normalized spacial score (nSPS) is 12.9. The van der Waals surface area contributed by atoms with Crippen LogP contribution in [0.4, 0.5) is 0 Å². The van der Waals surface area contributed by atoms with Crippen molar-refractivity contribution in [1.29, 1.82) is 0 Å². The molecule has 6 aromatic rings. The Balaban J connectivity index is 0.000000168. The third kappa shape index (κ3) is 5.72. The molecule has 0 bridgehead atoms. The number of aryl methyl sites for hydroxylation is 4. The van der Waals surface area contributed by atoms with Crippen molar-refractivity contribution in [3.05, 3.63) is 143 Å². The Morgan fingerprint density at radius 3 is 2.21 bits per heavy atom. The molecule has 0 atom stereocenters. The third-order valence-corrected chi connectivity index (χ3v) is 8.56. The minimum Gasteiger partial charge on any atom is -0.305 e. The molecular weight excluding hydrogens is 701 g/mol. The first kappa shape index (κ1) is 29.2. The van der Waals surface area contributed by atoms with E-state index in [2.05, 4.69) is 105 Å². The van der Waals surface area contributed by atoms with E-state index in [4.69, 9.17) is 4.98 Å². The zero-order valence-corrected chi connectivity index (χ0v) is 27.3. The van der Waals surface area contributed by atoms with Gasteiger partial charge in [0.1, 0.15) is 0 Å². The van der Waals surface area contributed by atoms with Crippen molar-refractivity contribution in [1.82, 2.24) is 9.97 Å². The quantitative estimate of drug-likeness (QED) is 0.166. The predicted molar refractivity (Wildman–Crippen MR) is 173 cm³/mol. The van der Waals surface area contributed by atoms with E-state index in [1.54, 1.807) is 0 Å². The molecule has 3 heteroatoms. The van der Waals surface area contributed by atoms with E-state index in [0.29, 0.717) is 0 Å². The van der Waals surface area contributed by atoms with Gasteiger partial charge in [-0.25, -0.2) is 0 Å². The van der Waals surface area contributed by atoms with Crippen LogP contribution in [0.15, 0.2) is 103 Å². The number of rotatable bonds is 2. The summed E-state index contributed by atoms with van der Waals surface area (Å²) in [7, 11) is 0. The molecule has 0 spiro atoms. The number of aromatic nitrogens is 2. The largest absolute Gasteiger partial charge is 0.305 e. The number of fused-ring (bicyclic) bond motifs is 1. The van der Waals surface area contributed by atoms with Gasteiger partial charge in [0.2, 0.25) is 0 Å². The molecule has 8 rings (SSSR count). The Morgan fingerprint density at radius 1 is 0.651 bits per heavy atom. The fourth-order valence-corrected chi connectivity index (χ4v) is 6.38. The van der Waals surface area contributed by atoms with E-state index in [0.717, 1.165) is 48.2 Å². The van der Waals surface area contributed by atoms with E-state index in [1.165, 1.54) is 49.7 Å². The van der Waals surface area contributed by atoms with Crippen LogP contribution in [-0.4, -0.2) is 9.97 Å².